The molecule has 0 aliphatic rings. The van der Waals surface area contributed by atoms with Crippen molar-refractivity contribution in [3.8, 4) is 6.07 Å². The topological polar surface area (TPSA) is 107 Å². The number of benzene rings is 1. The first-order valence-corrected chi connectivity index (χ1v) is 4.70. The summed E-state index contributed by atoms with van der Waals surface area (Å²) in [6, 6.07) is 5.91. The number of amides is 1. The van der Waals surface area contributed by atoms with Crippen LogP contribution in [0.25, 0.3) is 0 Å². The number of aliphatic hydroxyl groups is 2. The van der Waals surface area contributed by atoms with Gasteiger partial charge in [0.25, 0.3) is 0 Å². The fraction of sp³-hybridized carbons (Fsp3) is 0.200. The lowest BCUT2D eigenvalue weighted by Crippen LogP contribution is -2.33. The molecule has 5 nitrogen and oxygen atoms in total. The van der Waals surface area contributed by atoms with Crippen LogP contribution in [0.4, 0.5) is 0 Å². The summed E-state index contributed by atoms with van der Waals surface area (Å²) in [4.78, 5) is 10.7. The predicted octanol–water partition coefficient (Wildman–Crippen LogP) is 0.0913. The van der Waals surface area contributed by atoms with E-state index in [9.17, 15) is 15.0 Å². The van der Waals surface area contributed by atoms with E-state index in [1.165, 1.54) is 18.2 Å². The first-order chi connectivity index (χ1) is 7.47. The zero-order valence-electron chi connectivity index (χ0n) is 8.09. The molecule has 1 amide bonds. The van der Waals surface area contributed by atoms with Crippen molar-refractivity contribution in [1.82, 2.24) is 0 Å². The van der Waals surface area contributed by atoms with Gasteiger partial charge in [-0.2, -0.15) is 5.26 Å². The van der Waals surface area contributed by atoms with Gasteiger partial charge in [0.05, 0.1) is 10.6 Å². The van der Waals surface area contributed by atoms with Crippen molar-refractivity contribution in [2.24, 2.45) is 5.73 Å². The molecule has 0 aromatic heterocycles. The molecule has 2 unspecified atom stereocenters. The largest absolute Gasteiger partial charge is 0.385 e. The highest BCUT2D eigenvalue weighted by Gasteiger charge is 2.23. The molecule has 0 aliphatic carbocycles. The average Bonchev–Trinajstić information content (AvgIpc) is 2.27. The van der Waals surface area contributed by atoms with Gasteiger partial charge in [-0.1, -0.05) is 17.7 Å². The SMILES string of the molecule is N#Cc1cc(C(O)C(O)C(N)=O)ccc1Cl. The van der Waals surface area contributed by atoms with Crippen molar-refractivity contribution in [3.05, 3.63) is 34.3 Å². The van der Waals surface area contributed by atoms with E-state index in [2.05, 4.69) is 0 Å². The van der Waals surface area contributed by atoms with Crippen molar-refractivity contribution in [2.45, 2.75) is 12.2 Å². The number of carbonyl (C=O) groups is 1. The number of rotatable bonds is 3. The number of aliphatic hydroxyl groups excluding tert-OH is 2. The Hall–Kier alpha value is -1.61. The van der Waals surface area contributed by atoms with Gasteiger partial charge in [-0.25, -0.2) is 0 Å². The maximum absolute atomic E-state index is 10.7. The third-order valence-corrected chi connectivity index (χ3v) is 2.37. The molecular formula is C10H9ClN2O3. The Morgan fingerprint density at radius 3 is 2.62 bits per heavy atom. The Morgan fingerprint density at radius 1 is 1.50 bits per heavy atom. The molecule has 0 saturated carbocycles. The van der Waals surface area contributed by atoms with E-state index in [4.69, 9.17) is 22.6 Å². The summed E-state index contributed by atoms with van der Waals surface area (Å²) >= 11 is 5.68. The maximum Gasteiger partial charge on any atom is 0.249 e. The van der Waals surface area contributed by atoms with E-state index >= 15 is 0 Å². The van der Waals surface area contributed by atoms with Crippen molar-refractivity contribution in [1.29, 1.82) is 5.26 Å². The molecule has 2 atom stereocenters. The van der Waals surface area contributed by atoms with Gasteiger partial charge >= 0.3 is 0 Å². The summed E-state index contributed by atoms with van der Waals surface area (Å²) in [5.41, 5.74) is 5.18. The van der Waals surface area contributed by atoms with Gasteiger partial charge in [0.1, 0.15) is 12.2 Å². The second-order valence-corrected chi connectivity index (χ2v) is 3.55. The van der Waals surface area contributed by atoms with Crippen LogP contribution in [0.3, 0.4) is 0 Å². The molecule has 0 bridgehead atoms. The van der Waals surface area contributed by atoms with Crippen LogP contribution in [0.1, 0.15) is 17.2 Å². The summed E-state index contributed by atoms with van der Waals surface area (Å²) in [5, 5.41) is 27.7. The number of hydrogen-bond donors (Lipinski definition) is 3. The summed E-state index contributed by atoms with van der Waals surface area (Å²) in [6.07, 6.45) is -3.19. The molecule has 1 aromatic rings. The fourth-order valence-electron chi connectivity index (χ4n) is 1.15. The molecule has 4 N–H and O–H groups in total. The van der Waals surface area contributed by atoms with Gasteiger partial charge in [0.15, 0.2) is 6.10 Å². The lowest BCUT2D eigenvalue weighted by atomic mass is 10.0. The number of primary amides is 1. The Morgan fingerprint density at radius 2 is 2.12 bits per heavy atom. The molecule has 0 fully saturated rings. The standard InChI is InChI=1S/C10H9ClN2O3/c11-7-2-1-5(3-6(7)4-12)8(14)9(15)10(13)16/h1-3,8-9,14-15H,(H2,13,16). The lowest BCUT2D eigenvalue weighted by molar-refractivity contribution is -0.131. The van der Waals surface area contributed by atoms with Gasteiger partial charge in [-0.15, -0.1) is 0 Å². The Labute approximate surface area is 96.7 Å². The zero-order valence-corrected chi connectivity index (χ0v) is 8.85. The van der Waals surface area contributed by atoms with E-state index in [0.717, 1.165) is 0 Å². The van der Waals surface area contributed by atoms with Crippen molar-refractivity contribution >= 4 is 17.5 Å². The summed E-state index contributed by atoms with van der Waals surface area (Å²) in [7, 11) is 0. The second kappa shape index (κ2) is 4.94. The smallest absolute Gasteiger partial charge is 0.249 e. The van der Waals surface area contributed by atoms with Crippen LogP contribution in [-0.4, -0.2) is 22.2 Å². The first-order valence-electron chi connectivity index (χ1n) is 4.32. The van der Waals surface area contributed by atoms with E-state index in [0.29, 0.717) is 0 Å². The van der Waals surface area contributed by atoms with Crippen molar-refractivity contribution in [2.75, 3.05) is 0 Å². The summed E-state index contributed by atoms with van der Waals surface area (Å²) in [6.45, 7) is 0. The number of nitrogens with two attached hydrogens (primary N) is 1. The Balaban J connectivity index is 3.06. The van der Waals surface area contributed by atoms with Gasteiger partial charge in [-0.05, 0) is 17.7 Å². The molecule has 0 saturated heterocycles. The number of hydrogen-bond acceptors (Lipinski definition) is 4. The van der Waals surface area contributed by atoms with E-state index in [-0.39, 0.29) is 16.1 Å². The first kappa shape index (κ1) is 12.5. The van der Waals surface area contributed by atoms with Gasteiger partial charge in [0, 0.05) is 0 Å². The van der Waals surface area contributed by atoms with Crippen molar-refractivity contribution in [3.63, 3.8) is 0 Å². The average molecular weight is 241 g/mol. The van der Waals surface area contributed by atoms with Crippen LogP contribution >= 0.6 is 11.6 Å². The van der Waals surface area contributed by atoms with Gasteiger partial charge in [-0.3, -0.25) is 4.79 Å². The van der Waals surface area contributed by atoms with Crippen LogP contribution < -0.4 is 5.73 Å². The Bertz CT molecular complexity index is 456. The van der Waals surface area contributed by atoms with Crippen LogP contribution in [0.5, 0.6) is 0 Å². The van der Waals surface area contributed by atoms with E-state index in [1.807, 2.05) is 6.07 Å². The molecule has 1 aromatic carbocycles. The Kier molecular flexibility index (Phi) is 3.85. The van der Waals surface area contributed by atoms with Gasteiger partial charge < -0.3 is 15.9 Å². The molecule has 0 heterocycles. The molecular weight excluding hydrogens is 232 g/mol. The number of nitrogens with zero attached hydrogens (tertiary/aromatic N) is 1. The van der Waals surface area contributed by atoms with Crippen LogP contribution in [-0.2, 0) is 4.79 Å². The molecule has 0 radical (unpaired) electrons. The monoisotopic (exact) mass is 240 g/mol. The summed E-state index contributed by atoms with van der Waals surface area (Å²) < 4.78 is 0. The highest BCUT2D eigenvalue weighted by Crippen LogP contribution is 2.22. The van der Waals surface area contributed by atoms with E-state index < -0.39 is 18.1 Å². The highest BCUT2D eigenvalue weighted by atomic mass is 35.5. The maximum atomic E-state index is 10.7. The minimum atomic E-state index is -1.72. The third kappa shape index (κ3) is 2.49. The van der Waals surface area contributed by atoms with E-state index in [1.54, 1.807) is 0 Å². The predicted molar refractivity (Wildman–Crippen MR) is 56.3 cm³/mol. The van der Waals surface area contributed by atoms with Crippen LogP contribution in [0.15, 0.2) is 18.2 Å². The normalized spacial score (nSPS) is 13.9. The number of nitriles is 1. The minimum Gasteiger partial charge on any atom is -0.385 e. The molecule has 6 heteroatoms. The molecule has 1 rings (SSSR count). The molecule has 84 valence electrons. The lowest BCUT2D eigenvalue weighted by Gasteiger charge is -2.15. The number of carbonyl (C=O) groups excluding carboxylic acids is 1. The van der Waals surface area contributed by atoms with Gasteiger partial charge in [0.2, 0.25) is 5.91 Å². The van der Waals surface area contributed by atoms with Crippen molar-refractivity contribution < 1.29 is 15.0 Å². The quantitative estimate of drug-likeness (QED) is 0.696. The summed E-state index contributed by atoms with van der Waals surface area (Å²) in [5.74, 6) is -1.04. The second-order valence-electron chi connectivity index (χ2n) is 3.14. The molecule has 0 spiro atoms. The fourth-order valence-corrected chi connectivity index (χ4v) is 1.31. The van der Waals surface area contributed by atoms with Crippen LogP contribution in [0, 0.1) is 11.3 Å². The molecule has 0 aliphatic heterocycles. The third-order valence-electron chi connectivity index (χ3n) is 2.04. The number of halogens is 1. The molecule has 16 heavy (non-hydrogen) atoms. The zero-order chi connectivity index (χ0) is 12.3. The van der Waals surface area contributed by atoms with Crippen LogP contribution in [0.2, 0.25) is 5.02 Å². The minimum absolute atomic E-state index is 0.148. The highest BCUT2D eigenvalue weighted by molar-refractivity contribution is 6.31.